The fraction of sp³-hybridized carbons (Fsp3) is 0.429. The van der Waals surface area contributed by atoms with Gasteiger partial charge in [0.2, 0.25) is 0 Å². The number of rotatable bonds is 7. The molecule has 6 heteroatoms. The lowest BCUT2D eigenvalue weighted by Crippen LogP contribution is -2.34. The maximum atomic E-state index is 11.5. The molecule has 0 saturated carbocycles. The molecule has 0 radical (unpaired) electrons. The summed E-state index contributed by atoms with van der Waals surface area (Å²) in [6.07, 6.45) is 5.87. The molecule has 3 aromatic rings. The Kier molecular flexibility index (Phi) is 6.65. The van der Waals surface area contributed by atoms with E-state index in [9.17, 15) is 9.90 Å². The van der Waals surface area contributed by atoms with Crippen LogP contribution in [0.15, 0.2) is 53.3 Å². The summed E-state index contributed by atoms with van der Waals surface area (Å²) in [7, 11) is 1.88. The van der Waals surface area contributed by atoms with Crippen molar-refractivity contribution in [1.82, 2.24) is 9.55 Å². The second kappa shape index (κ2) is 9.21. The van der Waals surface area contributed by atoms with Crippen LogP contribution >= 0.6 is 15.9 Å². The van der Waals surface area contributed by atoms with Crippen LogP contribution in [-0.4, -0.2) is 20.6 Å². The highest BCUT2D eigenvalue weighted by Gasteiger charge is 2.37. The number of halogens is 1. The van der Waals surface area contributed by atoms with Gasteiger partial charge in [0, 0.05) is 29.5 Å². The summed E-state index contributed by atoms with van der Waals surface area (Å²) in [5.41, 5.74) is 5.18. The third-order valence-corrected chi connectivity index (χ3v) is 7.98. The minimum absolute atomic E-state index is 0.0146. The Balaban J connectivity index is 1.54. The Morgan fingerprint density at radius 1 is 1.12 bits per heavy atom. The molecule has 0 saturated heterocycles. The highest BCUT2D eigenvalue weighted by molar-refractivity contribution is 9.10. The lowest BCUT2D eigenvalue weighted by atomic mass is 9.63. The van der Waals surface area contributed by atoms with Crippen LogP contribution in [0.5, 0.6) is 5.75 Å². The molecule has 0 fully saturated rings. The zero-order valence-electron chi connectivity index (χ0n) is 20.6. The van der Waals surface area contributed by atoms with E-state index in [4.69, 9.17) is 4.74 Å². The molecule has 2 aromatic carbocycles. The van der Waals surface area contributed by atoms with E-state index in [0.717, 1.165) is 27.2 Å². The number of aliphatic carboxylic acids is 1. The first-order valence-corrected chi connectivity index (χ1v) is 12.5. The lowest BCUT2D eigenvalue weighted by Gasteiger charge is -2.42. The number of hydrogen-bond donors (Lipinski definition) is 1. The van der Waals surface area contributed by atoms with E-state index < -0.39 is 5.97 Å². The summed E-state index contributed by atoms with van der Waals surface area (Å²) in [5, 5.41) is 9.41. The van der Waals surface area contributed by atoms with E-state index in [1.165, 1.54) is 24.0 Å². The third kappa shape index (κ3) is 4.92. The second-order valence-corrected chi connectivity index (χ2v) is 11.5. The predicted octanol–water partition coefficient (Wildman–Crippen LogP) is 6.72. The number of carboxylic acid groups (broad SMARTS) is 1. The van der Waals surface area contributed by atoms with Crippen LogP contribution in [-0.2, 0) is 29.3 Å². The molecular weight excluding hydrogens is 492 g/mol. The van der Waals surface area contributed by atoms with Crippen LogP contribution in [0.2, 0.25) is 0 Å². The van der Waals surface area contributed by atoms with Gasteiger partial charge in [0.25, 0.3) is 0 Å². The van der Waals surface area contributed by atoms with Crippen molar-refractivity contribution in [1.29, 1.82) is 0 Å². The normalized spacial score (nSPS) is 17.1. The number of aromatic nitrogens is 2. The first kappa shape index (κ1) is 24.5. The van der Waals surface area contributed by atoms with Gasteiger partial charge in [0.15, 0.2) is 0 Å². The number of carbonyl (C=O) groups is 1. The van der Waals surface area contributed by atoms with Gasteiger partial charge in [-0.2, -0.15) is 0 Å². The van der Waals surface area contributed by atoms with Crippen LogP contribution in [0.3, 0.4) is 0 Å². The highest BCUT2D eigenvalue weighted by atomic mass is 79.9. The van der Waals surface area contributed by atoms with E-state index in [1.54, 1.807) is 6.20 Å². The number of hydrogen-bond acceptors (Lipinski definition) is 3. The summed E-state index contributed by atoms with van der Waals surface area (Å²) in [4.78, 5) is 15.8. The Morgan fingerprint density at radius 3 is 2.29 bits per heavy atom. The maximum absolute atomic E-state index is 11.5. The number of fused-ring (bicyclic) bond motifs is 1. The molecular formula is C28H33BrN2O3. The molecule has 0 unspecified atom stereocenters. The summed E-state index contributed by atoms with van der Waals surface area (Å²) in [6, 6.07) is 12.3. The minimum atomic E-state index is -0.850. The molecule has 0 spiro atoms. The highest BCUT2D eigenvalue weighted by Crippen LogP contribution is 2.47. The van der Waals surface area contributed by atoms with Crippen molar-refractivity contribution in [2.45, 2.75) is 70.3 Å². The molecule has 1 atom stereocenters. The molecule has 0 amide bonds. The summed E-state index contributed by atoms with van der Waals surface area (Å²) < 4.78 is 9.09. The number of aryl methyl sites for hydroxylation is 1. The zero-order valence-corrected chi connectivity index (χ0v) is 22.1. The molecule has 34 heavy (non-hydrogen) atoms. The maximum Gasteiger partial charge on any atom is 0.304 e. The monoisotopic (exact) mass is 524 g/mol. The molecule has 1 heterocycles. The molecule has 5 nitrogen and oxygen atoms in total. The third-order valence-electron chi connectivity index (χ3n) is 7.25. The van der Waals surface area contributed by atoms with E-state index in [2.05, 4.69) is 60.7 Å². The number of carboxylic acids is 1. The topological polar surface area (TPSA) is 64.4 Å². The molecule has 1 N–H and O–H groups in total. The van der Waals surface area contributed by atoms with Crippen molar-refractivity contribution in [3.05, 3.63) is 81.3 Å². The van der Waals surface area contributed by atoms with Gasteiger partial charge in [0.1, 0.15) is 18.2 Å². The lowest BCUT2D eigenvalue weighted by molar-refractivity contribution is -0.137. The molecule has 0 bridgehead atoms. The molecule has 1 aliphatic rings. The zero-order chi connectivity index (χ0) is 24.7. The quantitative estimate of drug-likeness (QED) is 0.372. The Morgan fingerprint density at radius 2 is 1.74 bits per heavy atom. The van der Waals surface area contributed by atoms with Gasteiger partial charge in [-0.25, -0.2) is 4.98 Å². The molecule has 4 rings (SSSR count). The fourth-order valence-electron chi connectivity index (χ4n) is 4.95. The largest absolute Gasteiger partial charge is 0.489 e. The molecule has 180 valence electrons. The Hall–Kier alpha value is -2.60. The van der Waals surface area contributed by atoms with Crippen molar-refractivity contribution in [3.8, 4) is 5.75 Å². The molecule has 0 aliphatic heterocycles. The van der Waals surface area contributed by atoms with Crippen LogP contribution in [0.1, 0.15) is 81.0 Å². The fourth-order valence-corrected chi connectivity index (χ4v) is 5.40. The van der Waals surface area contributed by atoms with Gasteiger partial charge in [-0.1, -0.05) is 61.8 Å². The van der Waals surface area contributed by atoms with Gasteiger partial charge >= 0.3 is 5.97 Å². The van der Waals surface area contributed by atoms with E-state index in [0.29, 0.717) is 6.61 Å². The van der Waals surface area contributed by atoms with E-state index in [-0.39, 0.29) is 23.2 Å². The van der Waals surface area contributed by atoms with Crippen molar-refractivity contribution >= 4 is 21.9 Å². The molecule has 1 aliphatic carbocycles. The average Bonchev–Trinajstić information content (AvgIpc) is 3.20. The number of nitrogens with zero attached hydrogens (tertiary/aromatic N) is 2. The van der Waals surface area contributed by atoms with Gasteiger partial charge in [-0.15, -0.1) is 0 Å². The summed E-state index contributed by atoms with van der Waals surface area (Å²) in [5.74, 6) is 0.324. The molecule has 1 aromatic heterocycles. The van der Waals surface area contributed by atoms with Crippen LogP contribution in [0.25, 0.3) is 0 Å². The van der Waals surface area contributed by atoms with Crippen LogP contribution < -0.4 is 4.74 Å². The standard InChI is InChI=1S/C28H33BrN2O3/c1-27(2)10-11-28(3,4)23-16-24(29)19(14-22(23)27)17-34-20-8-6-18(7-9-20)21(15-25(32)33)26-30-12-13-31(26)5/h6-9,12-14,16,21H,10-11,15,17H2,1-5H3,(H,32,33)/t21-/m0/s1. The van der Waals surface area contributed by atoms with Crippen molar-refractivity contribution in [2.75, 3.05) is 0 Å². The second-order valence-electron chi connectivity index (χ2n) is 10.7. The van der Waals surface area contributed by atoms with Crippen molar-refractivity contribution in [3.63, 3.8) is 0 Å². The summed E-state index contributed by atoms with van der Waals surface area (Å²) >= 11 is 3.78. The van der Waals surface area contributed by atoms with Gasteiger partial charge < -0.3 is 14.4 Å². The van der Waals surface area contributed by atoms with Crippen molar-refractivity contribution < 1.29 is 14.6 Å². The van der Waals surface area contributed by atoms with E-state index >= 15 is 0 Å². The van der Waals surface area contributed by atoms with Crippen LogP contribution in [0, 0.1) is 0 Å². The van der Waals surface area contributed by atoms with E-state index in [1.807, 2.05) is 42.1 Å². The van der Waals surface area contributed by atoms with Gasteiger partial charge in [-0.05, 0) is 58.6 Å². The average molecular weight is 525 g/mol. The Bertz CT molecular complexity index is 1190. The number of ether oxygens (including phenoxy) is 1. The van der Waals surface area contributed by atoms with Gasteiger partial charge in [0.05, 0.1) is 12.3 Å². The first-order chi connectivity index (χ1) is 16.0. The van der Waals surface area contributed by atoms with Crippen LogP contribution in [0.4, 0.5) is 0 Å². The van der Waals surface area contributed by atoms with Gasteiger partial charge in [-0.3, -0.25) is 4.79 Å². The number of benzene rings is 2. The smallest absolute Gasteiger partial charge is 0.304 e. The van der Waals surface area contributed by atoms with Crippen molar-refractivity contribution in [2.24, 2.45) is 7.05 Å². The predicted molar refractivity (Wildman–Crippen MR) is 138 cm³/mol. The first-order valence-electron chi connectivity index (χ1n) is 11.7. The minimum Gasteiger partial charge on any atom is -0.489 e. The summed E-state index contributed by atoms with van der Waals surface area (Å²) in [6.45, 7) is 9.77. The SMILES string of the molecule is Cn1ccnc1[C@@H](CC(=O)O)c1ccc(OCc2cc3c(cc2Br)C(C)(C)CCC3(C)C)cc1. The Labute approximate surface area is 210 Å². The number of imidazole rings is 1.